The molecule has 0 heterocycles. The number of hydrogen-bond acceptors (Lipinski definition) is 3. The zero-order valence-electron chi connectivity index (χ0n) is 15.5. The van der Waals surface area contributed by atoms with Crippen molar-refractivity contribution in [3.63, 3.8) is 0 Å². The smallest absolute Gasteiger partial charge is 0.0958 e. The van der Waals surface area contributed by atoms with Crippen molar-refractivity contribution in [1.82, 2.24) is 0 Å². The first-order chi connectivity index (χ1) is 11.2. The third kappa shape index (κ3) is 2.01. The van der Waals surface area contributed by atoms with E-state index in [0.717, 1.165) is 51.4 Å². The molecular formula is C21H34O3. The average Bonchev–Trinajstić information content (AvgIpc) is 2.81. The molecule has 0 aromatic heterocycles. The van der Waals surface area contributed by atoms with Crippen LogP contribution in [0.3, 0.4) is 0 Å². The molecule has 0 saturated heterocycles. The third-order valence-electron chi connectivity index (χ3n) is 8.98. The molecule has 136 valence electrons. The van der Waals surface area contributed by atoms with E-state index in [1.54, 1.807) is 6.92 Å². The van der Waals surface area contributed by atoms with Gasteiger partial charge in [0, 0.05) is 5.41 Å². The number of hydrogen-bond donors (Lipinski definition) is 3. The molecule has 3 fully saturated rings. The minimum Gasteiger partial charge on any atom is -0.393 e. The van der Waals surface area contributed by atoms with Crippen LogP contribution in [0.2, 0.25) is 0 Å². The van der Waals surface area contributed by atoms with Crippen molar-refractivity contribution in [3.8, 4) is 0 Å². The van der Waals surface area contributed by atoms with Crippen LogP contribution in [0.1, 0.15) is 72.1 Å². The Bertz CT molecular complexity index is 555. The lowest BCUT2D eigenvalue weighted by molar-refractivity contribution is -0.170. The monoisotopic (exact) mass is 334 g/mol. The van der Waals surface area contributed by atoms with Crippen molar-refractivity contribution in [2.45, 2.75) is 89.9 Å². The van der Waals surface area contributed by atoms with Gasteiger partial charge in [-0.3, -0.25) is 0 Å². The normalized spacial score (nSPS) is 55.2. The van der Waals surface area contributed by atoms with Crippen LogP contribution < -0.4 is 0 Å². The van der Waals surface area contributed by atoms with Crippen molar-refractivity contribution >= 4 is 0 Å². The number of aliphatic hydroxyl groups is 3. The maximum absolute atomic E-state index is 11.2. The van der Waals surface area contributed by atoms with Gasteiger partial charge in [-0.2, -0.15) is 0 Å². The van der Waals surface area contributed by atoms with E-state index in [-0.39, 0.29) is 16.9 Å². The second-order valence-corrected chi connectivity index (χ2v) is 9.75. The van der Waals surface area contributed by atoms with E-state index in [1.165, 1.54) is 5.57 Å². The highest BCUT2D eigenvalue weighted by molar-refractivity contribution is 5.26. The fourth-order valence-electron chi connectivity index (χ4n) is 7.38. The molecule has 0 radical (unpaired) electrons. The summed E-state index contributed by atoms with van der Waals surface area (Å²) in [4.78, 5) is 0. The van der Waals surface area contributed by atoms with Crippen molar-refractivity contribution in [2.75, 3.05) is 0 Å². The molecule has 3 nitrogen and oxygen atoms in total. The molecule has 0 amide bonds. The van der Waals surface area contributed by atoms with Crippen molar-refractivity contribution < 1.29 is 15.3 Å². The molecule has 0 unspecified atom stereocenters. The molecule has 0 aromatic carbocycles. The van der Waals surface area contributed by atoms with Crippen LogP contribution in [0, 0.1) is 28.6 Å². The lowest BCUT2D eigenvalue weighted by Crippen LogP contribution is -2.58. The molecule has 0 aromatic rings. The van der Waals surface area contributed by atoms with Crippen LogP contribution in [0.15, 0.2) is 11.6 Å². The highest BCUT2D eigenvalue weighted by Gasteiger charge is 2.64. The molecule has 4 aliphatic carbocycles. The first kappa shape index (κ1) is 17.1. The van der Waals surface area contributed by atoms with E-state index >= 15 is 0 Å². The zero-order chi connectivity index (χ0) is 17.3. The van der Waals surface area contributed by atoms with Gasteiger partial charge in [0.05, 0.1) is 17.8 Å². The fourth-order valence-corrected chi connectivity index (χ4v) is 7.38. The largest absolute Gasteiger partial charge is 0.393 e. The van der Waals surface area contributed by atoms with Crippen molar-refractivity contribution in [3.05, 3.63) is 11.6 Å². The predicted molar refractivity (Wildman–Crippen MR) is 94.3 cm³/mol. The number of allylic oxidation sites excluding steroid dienone is 1. The quantitative estimate of drug-likeness (QED) is 0.644. The van der Waals surface area contributed by atoms with Crippen LogP contribution in [0.25, 0.3) is 0 Å². The number of fused-ring (bicyclic) bond motifs is 5. The van der Waals surface area contributed by atoms with Gasteiger partial charge in [-0.05, 0) is 81.5 Å². The van der Waals surface area contributed by atoms with E-state index in [2.05, 4.69) is 19.9 Å². The Balaban J connectivity index is 1.68. The number of rotatable bonds is 1. The third-order valence-corrected chi connectivity index (χ3v) is 8.98. The Hall–Kier alpha value is -0.380. The Labute approximate surface area is 146 Å². The number of aliphatic hydroxyl groups excluding tert-OH is 2. The Morgan fingerprint density at radius 3 is 2.50 bits per heavy atom. The maximum atomic E-state index is 11.2. The van der Waals surface area contributed by atoms with Gasteiger partial charge in [0.2, 0.25) is 0 Å². The molecule has 24 heavy (non-hydrogen) atoms. The molecule has 0 bridgehead atoms. The van der Waals surface area contributed by atoms with E-state index < -0.39 is 11.7 Å². The van der Waals surface area contributed by atoms with Crippen LogP contribution in [-0.4, -0.2) is 33.1 Å². The summed E-state index contributed by atoms with van der Waals surface area (Å²) in [5.74, 6) is 1.82. The predicted octanol–water partition coefficient (Wildman–Crippen LogP) is 3.42. The first-order valence-electron chi connectivity index (χ1n) is 10.0. The Morgan fingerprint density at radius 1 is 1.08 bits per heavy atom. The van der Waals surface area contributed by atoms with Gasteiger partial charge in [-0.15, -0.1) is 0 Å². The maximum Gasteiger partial charge on any atom is 0.0958 e. The van der Waals surface area contributed by atoms with Gasteiger partial charge in [-0.1, -0.05) is 25.5 Å². The molecule has 0 spiro atoms. The second kappa shape index (κ2) is 5.31. The summed E-state index contributed by atoms with van der Waals surface area (Å²) in [6.07, 6.45) is 9.56. The SMILES string of the molecule is C[C@@H](O)[C@@]1(O)CC[C@H]2[C@@H]3CC=C4C[C@@H](O)CC[C@]4(C)[C@H]3CC[C@@]21C. The van der Waals surface area contributed by atoms with Gasteiger partial charge in [0.25, 0.3) is 0 Å². The van der Waals surface area contributed by atoms with Crippen LogP contribution >= 0.6 is 0 Å². The molecule has 8 atom stereocenters. The van der Waals surface area contributed by atoms with Crippen molar-refractivity contribution in [2.24, 2.45) is 28.6 Å². The van der Waals surface area contributed by atoms with Crippen LogP contribution in [0.5, 0.6) is 0 Å². The van der Waals surface area contributed by atoms with Gasteiger partial charge in [-0.25, -0.2) is 0 Å². The topological polar surface area (TPSA) is 60.7 Å². The van der Waals surface area contributed by atoms with Crippen LogP contribution in [0.4, 0.5) is 0 Å². The molecule has 4 aliphatic rings. The second-order valence-electron chi connectivity index (χ2n) is 9.75. The van der Waals surface area contributed by atoms with E-state index in [0.29, 0.717) is 17.8 Å². The summed E-state index contributed by atoms with van der Waals surface area (Å²) in [5.41, 5.74) is 0.665. The van der Waals surface area contributed by atoms with E-state index in [9.17, 15) is 15.3 Å². The molecule has 3 N–H and O–H groups in total. The summed E-state index contributed by atoms with van der Waals surface area (Å²) >= 11 is 0. The standard InChI is InChI=1S/C21H34O3/c1-13(22)21(24)11-8-18-16-5-4-14-12-15(23)6-9-19(14,2)17(16)7-10-20(18,21)3/h4,13,15-18,22-24H,5-12H2,1-3H3/t13-,15+,16-,17+,18+,19+,20+,21+/m1/s1. The van der Waals surface area contributed by atoms with Gasteiger partial charge in [0.1, 0.15) is 0 Å². The highest BCUT2D eigenvalue weighted by Crippen LogP contribution is 2.67. The summed E-state index contributed by atoms with van der Waals surface area (Å²) in [7, 11) is 0. The summed E-state index contributed by atoms with van der Waals surface area (Å²) in [6, 6.07) is 0. The van der Waals surface area contributed by atoms with Gasteiger partial charge < -0.3 is 15.3 Å². The van der Waals surface area contributed by atoms with Crippen LogP contribution in [-0.2, 0) is 0 Å². The Kier molecular flexibility index (Phi) is 3.77. The first-order valence-corrected chi connectivity index (χ1v) is 10.0. The fraction of sp³-hybridized carbons (Fsp3) is 0.905. The molecule has 4 rings (SSSR count). The zero-order valence-corrected chi connectivity index (χ0v) is 15.5. The molecule has 3 heteroatoms. The minimum atomic E-state index is -0.920. The highest BCUT2D eigenvalue weighted by atomic mass is 16.3. The average molecular weight is 335 g/mol. The minimum absolute atomic E-state index is 0.151. The molecular weight excluding hydrogens is 300 g/mol. The molecule has 0 aliphatic heterocycles. The lowest BCUT2D eigenvalue weighted by atomic mass is 9.46. The van der Waals surface area contributed by atoms with Gasteiger partial charge >= 0.3 is 0 Å². The summed E-state index contributed by atoms with van der Waals surface area (Å²) in [6.45, 7) is 6.43. The molecule has 3 saturated carbocycles. The Morgan fingerprint density at radius 2 is 1.79 bits per heavy atom. The lowest BCUT2D eigenvalue weighted by Gasteiger charge is -2.59. The van der Waals surface area contributed by atoms with Gasteiger partial charge in [0.15, 0.2) is 0 Å². The summed E-state index contributed by atoms with van der Waals surface area (Å²) < 4.78 is 0. The van der Waals surface area contributed by atoms with E-state index in [4.69, 9.17) is 0 Å². The summed E-state index contributed by atoms with van der Waals surface area (Å²) in [5, 5.41) is 31.6. The van der Waals surface area contributed by atoms with Crippen molar-refractivity contribution in [1.29, 1.82) is 0 Å². The van der Waals surface area contributed by atoms with E-state index in [1.807, 2.05) is 0 Å².